The topological polar surface area (TPSA) is 94.2 Å². The lowest BCUT2D eigenvalue weighted by atomic mass is 10.0. The van der Waals surface area contributed by atoms with Crippen LogP contribution in [-0.2, 0) is 27.9 Å². The van der Waals surface area contributed by atoms with E-state index in [2.05, 4.69) is 15.0 Å². The molecule has 0 aliphatic rings. The number of pyridine rings is 1. The van der Waals surface area contributed by atoms with Crippen molar-refractivity contribution in [2.24, 2.45) is 0 Å². The molecule has 0 spiro atoms. The molecule has 37 heavy (non-hydrogen) atoms. The summed E-state index contributed by atoms with van der Waals surface area (Å²) in [6.45, 7) is 2.30. The van der Waals surface area contributed by atoms with Crippen molar-refractivity contribution in [2.75, 3.05) is 7.11 Å². The molecule has 0 bridgehead atoms. The van der Waals surface area contributed by atoms with Gasteiger partial charge in [0.05, 0.1) is 46.0 Å². The summed E-state index contributed by atoms with van der Waals surface area (Å²) in [5.41, 5.74) is 6.63. The van der Waals surface area contributed by atoms with E-state index in [4.69, 9.17) is 9.47 Å². The summed E-state index contributed by atoms with van der Waals surface area (Å²) in [7, 11) is 0.00690. The van der Waals surface area contributed by atoms with Gasteiger partial charge < -0.3 is 14.5 Å². The van der Waals surface area contributed by atoms with Crippen molar-refractivity contribution in [1.82, 2.24) is 15.0 Å². The summed E-state index contributed by atoms with van der Waals surface area (Å²) in [5.74, 6) is 0.573. The third kappa shape index (κ3) is 5.44. The smallest absolute Gasteiger partial charge is 0.337 e. The van der Waals surface area contributed by atoms with Gasteiger partial charge in [-0.3, -0.25) is 9.19 Å². The lowest BCUT2D eigenvalue weighted by Gasteiger charge is -2.12. The Bertz CT molecular complexity index is 1560. The van der Waals surface area contributed by atoms with Crippen molar-refractivity contribution >= 4 is 27.8 Å². The van der Waals surface area contributed by atoms with Gasteiger partial charge in [0.1, 0.15) is 12.4 Å². The quantitative estimate of drug-likeness (QED) is 0.272. The van der Waals surface area contributed by atoms with Crippen LogP contribution in [0.15, 0.2) is 90.2 Å². The fourth-order valence-corrected chi connectivity index (χ4v) is 5.09. The minimum Gasteiger partial charge on any atom is -0.489 e. The number of nitrogens with zero attached hydrogens (tertiary/aromatic N) is 2. The van der Waals surface area contributed by atoms with Crippen LogP contribution < -0.4 is 4.74 Å². The minimum absolute atomic E-state index is 0.238. The van der Waals surface area contributed by atoms with Crippen molar-refractivity contribution in [3.05, 3.63) is 107 Å². The number of aromatic nitrogens is 3. The van der Waals surface area contributed by atoms with Crippen molar-refractivity contribution in [1.29, 1.82) is 0 Å². The summed E-state index contributed by atoms with van der Waals surface area (Å²) in [4.78, 5) is 23.8. The van der Waals surface area contributed by atoms with Gasteiger partial charge in [0, 0.05) is 11.8 Å². The molecule has 0 saturated heterocycles. The van der Waals surface area contributed by atoms with Crippen LogP contribution in [0.4, 0.5) is 0 Å². The molecule has 7 nitrogen and oxygen atoms in total. The highest BCUT2D eigenvalue weighted by molar-refractivity contribution is 7.84. The Morgan fingerprint density at radius 2 is 1.78 bits per heavy atom. The van der Waals surface area contributed by atoms with Crippen LogP contribution in [0.5, 0.6) is 5.75 Å². The molecule has 0 fully saturated rings. The van der Waals surface area contributed by atoms with E-state index in [0.29, 0.717) is 28.8 Å². The molecule has 2 heterocycles. The van der Waals surface area contributed by atoms with Crippen LogP contribution in [0.25, 0.3) is 22.2 Å². The van der Waals surface area contributed by atoms with Crippen LogP contribution in [0.3, 0.4) is 0 Å². The monoisotopic (exact) mass is 511 g/mol. The Morgan fingerprint density at radius 1 is 0.973 bits per heavy atom. The average molecular weight is 512 g/mol. The maximum atomic E-state index is 13.0. The fourth-order valence-electron chi connectivity index (χ4n) is 3.99. The average Bonchev–Trinajstić information content (AvgIpc) is 3.38. The molecule has 186 valence electrons. The molecule has 0 radical (unpaired) electrons. The number of para-hydroxylation sites is 2. The Kier molecular flexibility index (Phi) is 7.09. The van der Waals surface area contributed by atoms with E-state index in [1.807, 2.05) is 79.7 Å². The molecule has 0 aliphatic heterocycles. The zero-order valence-corrected chi connectivity index (χ0v) is 21.2. The number of carbonyl (C=O) groups excluding carboxylic acids is 1. The minimum atomic E-state index is -1.37. The number of hydrogen-bond acceptors (Lipinski definition) is 6. The number of carbonyl (C=O) groups is 1. The molecule has 0 saturated carbocycles. The SMILES string of the molecule is COC(=O)c1cccc(-c2ccc(COc3ccnc(CS(=O)c4nc5ccccc5[nH]4)c3C)cc2)c1. The number of H-pyrrole nitrogens is 1. The molecular formula is C29H25N3O4S. The fraction of sp³-hybridized carbons (Fsp3) is 0.138. The molecule has 0 aliphatic carbocycles. The first-order valence-electron chi connectivity index (χ1n) is 11.7. The van der Waals surface area contributed by atoms with E-state index >= 15 is 0 Å². The van der Waals surface area contributed by atoms with Gasteiger partial charge in [0.2, 0.25) is 0 Å². The van der Waals surface area contributed by atoms with E-state index in [1.165, 1.54) is 7.11 Å². The number of rotatable bonds is 8. The molecule has 0 amide bonds. The number of methoxy groups -OCH3 is 1. The molecule has 1 N–H and O–H groups in total. The number of esters is 1. The largest absolute Gasteiger partial charge is 0.489 e. The molecular weight excluding hydrogens is 486 g/mol. The van der Waals surface area contributed by atoms with Crippen molar-refractivity contribution in [3.8, 4) is 16.9 Å². The summed E-state index contributed by atoms with van der Waals surface area (Å²) < 4.78 is 23.9. The van der Waals surface area contributed by atoms with Crippen LogP contribution in [0.1, 0.15) is 27.2 Å². The second-order valence-corrected chi connectivity index (χ2v) is 9.85. The van der Waals surface area contributed by atoms with Gasteiger partial charge in [-0.05, 0) is 53.9 Å². The standard InChI is InChI=1S/C29H25N3O4S/c1-19-26(18-37(34)29-31-24-8-3-4-9-25(24)32-29)30-15-14-27(19)36-17-20-10-12-21(13-11-20)22-6-5-7-23(16-22)28(33)35-2/h3-16H,17-18H2,1-2H3,(H,31,32). The molecule has 3 aromatic carbocycles. The van der Waals surface area contributed by atoms with E-state index in [-0.39, 0.29) is 11.7 Å². The number of fused-ring (bicyclic) bond motifs is 1. The van der Waals surface area contributed by atoms with E-state index in [0.717, 1.165) is 33.3 Å². The summed E-state index contributed by atoms with van der Waals surface area (Å²) >= 11 is 0. The number of imidazole rings is 1. The number of benzene rings is 3. The van der Waals surface area contributed by atoms with Crippen LogP contribution >= 0.6 is 0 Å². The highest BCUT2D eigenvalue weighted by Gasteiger charge is 2.15. The van der Waals surface area contributed by atoms with E-state index in [1.54, 1.807) is 12.3 Å². The van der Waals surface area contributed by atoms with Crippen LogP contribution in [0.2, 0.25) is 0 Å². The van der Waals surface area contributed by atoms with Gasteiger partial charge in [0.25, 0.3) is 0 Å². The first-order valence-corrected chi connectivity index (χ1v) is 13.0. The van der Waals surface area contributed by atoms with Crippen molar-refractivity contribution < 1.29 is 18.5 Å². The predicted octanol–water partition coefficient (Wildman–Crippen LogP) is 5.61. The van der Waals surface area contributed by atoms with E-state index < -0.39 is 10.8 Å². The van der Waals surface area contributed by atoms with Gasteiger partial charge >= 0.3 is 5.97 Å². The molecule has 5 aromatic rings. The normalized spacial score (nSPS) is 11.8. The molecule has 5 rings (SSSR count). The number of nitrogens with one attached hydrogen (secondary N) is 1. The van der Waals surface area contributed by atoms with Crippen molar-refractivity contribution in [2.45, 2.75) is 24.4 Å². The Labute approximate surface area is 217 Å². The zero-order valence-electron chi connectivity index (χ0n) is 20.4. The van der Waals surface area contributed by atoms with Gasteiger partial charge in [0.15, 0.2) is 5.16 Å². The molecule has 1 atom stereocenters. The molecule has 2 aromatic heterocycles. The van der Waals surface area contributed by atoms with Crippen LogP contribution in [-0.4, -0.2) is 32.2 Å². The number of hydrogen-bond donors (Lipinski definition) is 1. The Balaban J connectivity index is 1.25. The predicted molar refractivity (Wildman–Crippen MR) is 143 cm³/mol. The Morgan fingerprint density at radius 3 is 2.57 bits per heavy atom. The first kappa shape index (κ1) is 24.4. The second kappa shape index (κ2) is 10.8. The lowest BCUT2D eigenvalue weighted by molar-refractivity contribution is 0.0600. The highest BCUT2D eigenvalue weighted by Crippen LogP contribution is 2.25. The number of aromatic amines is 1. The Hall–Kier alpha value is -4.30. The van der Waals surface area contributed by atoms with Gasteiger partial charge in [-0.15, -0.1) is 0 Å². The summed E-state index contributed by atoms with van der Waals surface area (Å²) in [6.07, 6.45) is 1.67. The summed E-state index contributed by atoms with van der Waals surface area (Å²) in [5, 5.41) is 0.436. The maximum absolute atomic E-state index is 13.0. The zero-order chi connectivity index (χ0) is 25.8. The third-order valence-corrected chi connectivity index (χ3v) is 7.24. The van der Waals surface area contributed by atoms with Crippen LogP contribution in [0, 0.1) is 6.92 Å². The first-order chi connectivity index (χ1) is 18.0. The number of ether oxygens (including phenoxy) is 2. The molecule has 8 heteroatoms. The van der Waals surface area contributed by atoms with Gasteiger partial charge in [-0.1, -0.05) is 48.5 Å². The summed E-state index contributed by atoms with van der Waals surface area (Å²) in [6, 6.07) is 24.7. The molecule has 1 unspecified atom stereocenters. The second-order valence-electron chi connectivity index (χ2n) is 8.49. The van der Waals surface area contributed by atoms with Gasteiger partial charge in [-0.2, -0.15) is 0 Å². The van der Waals surface area contributed by atoms with Crippen molar-refractivity contribution in [3.63, 3.8) is 0 Å². The lowest BCUT2D eigenvalue weighted by Crippen LogP contribution is -2.05. The van der Waals surface area contributed by atoms with Gasteiger partial charge in [-0.25, -0.2) is 9.78 Å². The highest BCUT2D eigenvalue weighted by atomic mass is 32.2. The maximum Gasteiger partial charge on any atom is 0.337 e. The van der Waals surface area contributed by atoms with E-state index in [9.17, 15) is 9.00 Å². The third-order valence-electron chi connectivity index (χ3n) is 6.08.